The van der Waals surface area contributed by atoms with Crippen molar-refractivity contribution in [2.75, 3.05) is 5.32 Å². The molecule has 0 aliphatic carbocycles. The third-order valence-electron chi connectivity index (χ3n) is 2.13. The van der Waals surface area contributed by atoms with Crippen molar-refractivity contribution in [3.05, 3.63) is 40.3 Å². The lowest BCUT2D eigenvalue weighted by molar-refractivity contribution is 0.0994. The van der Waals surface area contributed by atoms with Gasteiger partial charge in [-0.15, -0.1) is 0 Å². The number of halogens is 1. The summed E-state index contributed by atoms with van der Waals surface area (Å²) < 4.78 is 5.94. The van der Waals surface area contributed by atoms with E-state index < -0.39 is 0 Å². The van der Waals surface area contributed by atoms with E-state index in [2.05, 4.69) is 31.2 Å². The molecule has 0 aliphatic rings. The van der Waals surface area contributed by atoms with Crippen molar-refractivity contribution in [3.8, 4) is 0 Å². The van der Waals surface area contributed by atoms with Crippen molar-refractivity contribution in [1.29, 1.82) is 0 Å². The Balaban J connectivity index is 2.23. The Bertz CT molecular complexity index is 566. The summed E-state index contributed by atoms with van der Waals surface area (Å²) in [7, 11) is 0. The summed E-state index contributed by atoms with van der Waals surface area (Å²) in [5.41, 5.74) is 1.21. The number of hydrogen-bond acceptors (Lipinski definition) is 4. The van der Waals surface area contributed by atoms with Crippen LogP contribution in [0.4, 0.5) is 5.69 Å². The Kier molecular flexibility index (Phi) is 3.23. The summed E-state index contributed by atoms with van der Waals surface area (Å²) in [4.78, 5) is 19.9. The molecule has 0 atom stereocenters. The second-order valence-corrected chi connectivity index (χ2v) is 4.31. The minimum Gasteiger partial charge on any atom is -0.436 e. The van der Waals surface area contributed by atoms with E-state index >= 15 is 0 Å². The molecule has 0 saturated carbocycles. The minimum atomic E-state index is -0.324. The number of anilines is 1. The third kappa shape index (κ3) is 2.52. The molecule has 0 bridgehead atoms. The Morgan fingerprint density at radius 1 is 1.47 bits per heavy atom. The van der Waals surface area contributed by atoms with Gasteiger partial charge in [-0.1, -0.05) is 0 Å². The SMILES string of the molecule is Cc1nc(C)c(C(=O)Nc2ccncc2Br)o1. The van der Waals surface area contributed by atoms with Gasteiger partial charge in [0, 0.05) is 19.3 Å². The summed E-state index contributed by atoms with van der Waals surface area (Å²) in [5, 5.41) is 2.72. The van der Waals surface area contributed by atoms with Crippen LogP contribution in [0.5, 0.6) is 0 Å². The zero-order valence-electron chi connectivity index (χ0n) is 9.32. The summed E-state index contributed by atoms with van der Waals surface area (Å²) in [6, 6.07) is 1.69. The average molecular weight is 296 g/mol. The first-order chi connectivity index (χ1) is 8.08. The van der Waals surface area contributed by atoms with E-state index in [1.54, 1.807) is 32.3 Å². The number of carbonyl (C=O) groups is 1. The van der Waals surface area contributed by atoms with Crippen LogP contribution in [0.15, 0.2) is 27.3 Å². The Morgan fingerprint density at radius 3 is 2.82 bits per heavy atom. The Morgan fingerprint density at radius 2 is 2.24 bits per heavy atom. The highest BCUT2D eigenvalue weighted by atomic mass is 79.9. The molecule has 6 heteroatoms. The molecule has 0 radical (unpaired) electrons. The first-order valence-electron chi connectivity index (χ1n) is 4.93. The van der Waals surface area contributed by atoms with Crippen molar-refractivity contribution >= 4 is 27.5 Å². The van der Waals surface area contributed by atoms with Crippen LogP contribution in [0.3, 0.4) is 0 Å². The molecule has 2 rings (SSSR count). The zero-order valence-corrected chi connectivity index (χ0v) is 10.9. The van der Waals surface area contributed by atoms with Crippen molar-refractivity contribution in [2.45, 2.75) is 13.8 Å². The molecule has 0 fully saturated rings. The number of hydrogen-bond donors (Lipinski definition) is 1. The van der Waals surface area contributed by atoms with Crippen LogP contribution < -0.4 is 5.32 Å². The van der Waals surface area contributed by atoms with Gasteiger partial charge in [0.1, 0.15) is 0 Å². The highest BCUT2D eigenvalue weighted by molar-refractivity contribution is 9.10. The molecule has 2 aromatic heterocycles. The van der Waals surface area contributed by atoms with Gasteiger partial charge in [-0.25, -0.2) is 4.98 Å². The molecule has 2 aromatic rings. The molecule has 0 unspecified atom stereocenters. The molecule has 2 heterocycles. The topological polar surface area (TPSA) is 68.0 Å². The molecule has 0 saturated heterocycles. The number of oxazole rings is 1. The standard InChI is InChI=1S/C11H10BrN3O2/c1-6-10(17-7(2)14-6)11(16)15-9-3-4-13-5-8(9)12/h3-5H,1-2H3,(H,13,15,16). The number of nitrogens with one attached hydrogen (secondary N) is 1. The van der Waals surface area contributed by atoms with Crippen molar-refractivity contribution in [3.63, 3.8) is 0 Å². The van der Waals surface area contributed by atoms with E-state index in [4.69, 9.17) is 4.42 Å². The zero-order chi connectivity index (χ0) is 12.4. The molecule has 1 N–H and O–H groups in total. The van der Waals surface area contributed by atoms with Gasteiger partial charge in [0.2, 0.25) is 5.76 Å². The van der Waals surface area contributed by atoms with Crippen LogP contribution in [0, 0.1) is 13.8 Å². The highest BCUT2D eigenvalue weighted by Gasteiger charge is 2.16. The normalized spacial score (nSPS) is 10.3. The largest absolute Gasteiger partial charge is 0.436 e. The van der Waals surface area contributed by atoms with Gasteiger partial charge in [-0.2, -0.15) is 0 Å². The van der Waals surface area contributed by atoms with E-state index in [0.29, 0.717) is 21.7 Å². The molecule has 1 amide bonds. The van der Waals surface area contributed by atoms with Crippen LogP contribution >= 0.6 is 15.9 Å². The van der Waals surface area contributed by atoms with Gasteiger partial charge in [0.05, 0.1) is 15.9 Å². The molecular formula is C11H10BrN3O2. The van der Waals surface area contributed by atoms with E-state index in [9.17, 15) is 4.79 Å². The molecule has 88 valence electrons. The molecule has 17 heavy (non-hydrogen) atoms. The van der Waals surface area contributed by atoms with Crippen LogP contribution in [0.1, 0.15) is 22.1 Å². The summed E-state index contributed by atoms with van der Waals surface area (Å²) >= 11 is 3.30. The van der Waals surface area contributed by atoms with Crippen molar-refractivity contribution < 1.29 is 9.21 Å². The predicted octanol–water partition coefficient (Wildman–Crippen LogP) is 2.70. The molecule has 0 aliphatic heterocycles. The lowest BCUT2D eigenvalue weighted by Crippen LogP contribution is -2.12. The second kappa shape index (κ2) is 4.67. The Labute approximate surface area is 106 Å². The summed E-state index contributed by atoms with van der Waals surface area (Å²) in [6.45, 7) is 3.43. The van der Waals surface area contributed by atoms with Crippen LogP contribution in [-0.2, 0) is 0 Å². The molecule has 0 aromatic carbocycles. The quantitative estimate of drug-likeness (QED) is 0.925. The van der Waals surface area contributed by atoms with E-state index in [0.717, 1.165) is 0 Å². The van der Waals surface area contributed by atoms with Gasteiger partial charge in [-0.3, -0.25) is 9.78 Å². The second-order valence-electron chi connectivity index (χ2n) is 3.46. The van der Waals surface area contributed by atoms with Crippen LogP contribution in [0.2, 0.25) is 0 Å². The molecular weight excluding hydrogens is 286 g/mol. The number of pyridine rings is 1. The van der Waals surface area contributed by atoms with Crippen molar-refractivity contribution in [2.24, 2.45) is 0 Å². The monoisotopic (exact) mass is 295 g/mol. The van der Waals surface area contributed by atoms with Gasteiger partial charge in [-0.05, 0) is 28.9 Å². The fourth-order valence-corrected chi connectivity index (χ4v) is 1.75. The lowest BCUT2D eigenvalue weighted by atomic mass is 10.3. The summed E-state index contributed by atoms with van der Waals surface area (Å²) in [6.07, 6.45) is 3.20. The first kappa shape index (κ1) is 11.8. The molecule has 0 spiro atoms. The van der Waals surface area contributed by atoms with Gasteiger partial charge >= 0.3 is 0 Å². The number of rotatable bonds is 2. The fraction of sp³-hybridized carbons (Fsp3) is 0.182. The van der Waals surface area contributed by atoms with E-state index in [-0.39, 0.29) is 11.7 Å². The van der Waals surface area contributed by atoms with Gasteiger partial charge in [0.25, 0.3) is 5.91 Å². The van der Waals surface area contributed by atoms with E-state index in [1.165, 1.54) is 0 Å². The maximum absolute atomic E-state index is 11.9. The number of nitrogens with zero attached hydrogens (tertiary/aromatic N) is 2. The van der Waals surface area contributed by atoms with E-state index in [1.807, 2.05) is 0 Å². The third-order valence-corrected chi connectivity index (χ3v) is 2.76. The smallest absolute Gasteiger partial charge is 0.293 e. The van der Waals surface area contributed by atoms with Crippen molar-refractivity contribution in [1.82, 2.24) is 9.97 Å². The first-order valence-corrected chi connectivity index (χ1v) is 5.72. The maximum atomic E-state index is 11.9. The summed E-state index contributed by atoms with van der Waals surface area (Å²) in [5.74, 6) is 0.377. The number of aryl methyl sites for hydroxylation is 2. The number of amides is 1. The molecule has 5 nitrogen and oxygen atoms in total. The average Bonchev–Trinajstić information content (AvgIpc) is 2.61. The Hall–Kier alpha value is -1.69. The fourth-order valence-electron chi connectivity index (χ4n) is 1.40. The highest BCUT2D eigenvalue weighted by Crippen LogP contribution is 2.21. The van der Waals surface area contributed by atoms with Crippen LogP contribution in [-0.4, -0.2) is 15.9 Å². The number of carbonyl (C=O) groups excluding carboxylic acids is 1. The lowest BCUT2D eigenvalue weighted by Gasteiger charge is -2.04. The van der Waals surface area contributed by atoms with Gasteiger partial charge in [0.15, 0.2) is 5.89 Å². The number of aromatic nitrogens is 2. The van der Waals surface area contributed by atoms with Crippen LogP contribution in [0.25, 0.3) is 0 Å². The predicted molar refractivity (Wildman–Crippen MR) is 65.9 cm³/mol. The maximum Gasteiger partial charge on any atom is 0.293 e. The minimum absolute atomic E-state index is 0.228. The van der Waals surface area contributed by atoms with Gasteiger partial charge < -0.3 is 9.73 Å².